The minimum absolute atomic E-state index is 0.0110. The second-order valence-corrected chi connectivity index (χ2v) is 10.7. The van der Waals surface area contributed by atoms with E-state index < -0.39 is 12.1 Å². The average molecular weight is 435 g/mol. The molecule has 4 fully saturated rings. The van der Waals surface area contributed by atoms with Gasteiger partial charge in [-0.15, -0.1) is 0 Å². The third-order valence-electron chi connectivity index (χ3n) is 7.37. The van der Waals surface area contributed by atoms with Gasteiger partial charge >= 0.3 is 6.09 Å². The van der Waals surface area contributed by atoms with Crippen LogP contribution in [0.1, 0.15) is 73.1 Å². The molecular formula is C24H38N2O5. The molecule has 31 heavy (non-hydrogen) atoms. The summed E-state index contributed by atoms with van der Waals surface area (Å²) in [6.07, 6.45) is 7.04. The predicted molar refractivity (Wildman–Crippen MR) is 117 cm³/mol. The van der Waals surface area contributed by atoms with Gasteiger partial charge in [-0.3, -0.25) is 4.79 Å². The van der Waals surface area contributed by atoms with Gasteiger partial charge in [-0.05, 0) is 65.2 Å². The summed E-state index contributed by atoms with van der Waals surface area (Å²) < 4.78 is 17.9. The molecule has 4 rings (SSSR count). The van der Waals surface area contributed by atoms with Crippen LogP contribution in [-0.4, -0.2) is 54.1 Å². The number of nitrogens with one attached hydrogen (secondary N) is 2. The lowest BCUT2D eigenvalue weighted by molar-refractivity contribution is -0.124. The fourth-order valence-corrected chi connectivity index (χ4v) is 5.05. The molecule has 7 heteroatoms. The van der Waals surface area contributed by atoms with Gasteiger partial charge in [-0.2, -0.15) is 0 Å². The molecule has 2 aliphatic carbocycles. The second kappa shape index (κ2) is 8.39. The quantitative estimate of drug-likeness (QED) is 0.451. The number of carbonyl (C=O) groups excluding carboxylic acids is 2. The number of ether oxygens (including phenoxy) is 3. The first kappa shape index (κ1) is 22.6. The maximum absolute atomic E-state index is 12.6. The monoisotopic (exact) mass is 434 g/mol. The Balaban J connectivity index is 1.33. The Hall–Kier alpha value is -1.60. The highest BCUT2D eigenvalue weighted by atomic mass is 16.6. The maximum Gasteiger partial charge on any atom is 0.408 e. The van der Waals surface area contributed by atoms with E-state index in [2.05, 4.69) is 37.5 Å². The van der Waals surface area contributed by atoms with Crippen molar-refractivity contribution in [1.29, 1.82) is 0 Å². The molecular weight excluding hydrogens is 396 g/mol. The molecule has 0 aromatic heterocycles. The van der Waals surface area contributed by atoms with Crippen LogP contribution in [0.4, 0.5) is 4.79 Å². The van der Waals surface area contributed by atoms with E-state index in [1.807, 2.05) is 13.8 Å². The molecule has 0 aromatic rings. The number of epoxide rings is 2. The van der Waals surface area contributed by atoms with E-state index in [9.17, 15) is 9.59 Å². The van der Waals surface area contributed by atoms with Crippen LogP contribution in [0.5, 0.6) is 0 Å². The lowest BCUT2D eigenvalue weighted by Gasteiger charge is -2.36. The Labute approximate surface area is 185 Å². The molecule has 7 nitrogen and oxygen atoms in total. The summed E-state index contributed by atoms with van der Waals surface area (Å²) in [4.78, 5) is 25.1. The van der Waals surface area contributed by atoms with Crippen LogP contribution in [0.25, 0.3) is 0 Å². The molecule has 0 radical (unpaired) electrons. The van der Waals surface area contributed by atoms with Crippen molar-refractivity contribution >= 4 is 12.0 Å². The van der Waals surface area contributed by atoms with E-state index in [1.165, 1.54) is 5.57 Å². The average Bonchev–Trinajstić information content (AvgIpc) is 3.58. The summed E-state index contributed by atoms with van der Waals surface area (Å²) in [6.45, 7) is 11.0. The minimum atomic E-state index is -0.580. The third kappa shape index (κ3) is 5.08. The van der Waals surface area contributed by atoms with Gasteiger partial charge in [0.2, 0.25) is 5.91 Å². The SMILES string of the molecule is CC(C)=CC[C@H]1O[C@]1(C)[C@H]1C[C@H](OC(=O)N[C@H](C(=O)NC2CC2)C(C)C)CC[C@]12CO2. The predicted octanol–water partition coefficient (Wildman–Crippen LogP) is 3.47. The van der Waals surface area contributed by atoms with E-state index in [0.29, 0.717) is 0 Å². The standard InChI is InChI=1S/C24H38N2O5/c1-14(2)6-9-19-23(5,31-19)18-12-17(10-11-24(18)13-29-24)30-22(28)26-20(15(3)4)21(27)25-16-7-8-16/h6,15-20H,7-13H2,1-5H3,(H,25,27)(H,26,28)/t17-,18-,19-,20+,23-,24+/m1/s1. The van der Waals surface area contributed by atoms with Gasteiger partial charge in [-0.25, -0.2) is 4.79 Å². The molecule has 2 saturated carbocycles. The molecule has 174 valence electrons. The van der Waals surface area contributed by atoms with Crippen LogP contribution in [0, 0.1) is 11.8 Å². The normalized spacial score (nSPS) is 37.2. The maximum atomic E-state index is 12.6. The van der Waals surface area contributed by atoms with Crippen LogP contribution < -0.4 is 10.6 Å². The van der Waals surface area contributed by atoms with Crippen LogP contribution in [0.15, 0.2) is 11.6 Å². The number of hydrogen-bond acceptors (Lipinski definition) is 5. The first-order valence-corrected chi connectivity index (χ1v) is 11.9. The smallest absolute Gasteiger partial charge is 0.408 e. The van der Waals surface area contributed by atoms with Crippen LogP contribution in [-0.2, 0) is 19.0 Å². The Morgan fingerprint density at radius 1 is 1.23 bits per heavy atom. The summed E-state index contributed by atoms with van der Waals surface area (Å²) in [5, 5.41) is 5.78. The van der Waals surface area contributed by atoms with Gasteiger partial charge < -0.3 is 24.8 Å². The molecule has 1 spiro atoms. The van der Waals surface area contributed by atoms with Crippen molar-refractivity contribution in [3.8, 4) is 0 Å². The highest BCUT2D eigenvalue weighted by Crippen LogP contribution is 2.59. The van der Waals surface area contributed by atoms with Crippen molar-refractivity contribution in [2.75, 3.05) is 6.61 Å². The van der Waals surface area contributed by atoms with E-state index >= 15 is 0 Å². The largest absolute Gasteiger partial charge is 0.446 e. The zero-order valence-electron chi connectivity index (χ0n) is 19.5. The summed E-state index contributed by atoms with van der Waals surface area (Å²) in [6, 6.07) is -0.317. The number of rotatable bonds is 8. The Morgan fingerprint density at radius 2 is 1.94 bits per heavy atom. The molecule has 2 heterocycles. The van der Waals surface area contributed by atoms with Crippen molar-refractivity contribution in [3.05, 3.63) is 11.6 Å². The van der Waals surface area contributed by atoms with Crippen LogP contribution in [0.3, 0.4) is 0 Å². The van der Waals surface area contributed by atoms with Crippen molar-refractivity contribution in [2.45, 2.75) is 109 Å². The van der Waals surface area contributed by atoms with Gasteiger partial charge in [0.05, 0.1) is 23.9 Å². The second-order valence-electron chi connectivity index (χ2n) is 10.7. The summed E-state index contributed by atoms with van der Waals surface area (Å²) in [5.74, 6) is 0.0756. The number of amides is 2. The van der Waals surface area contributed by atoms with Gasteiger partial charge in [0.1, 0.15) is 12.1 Å². The van der Waals surface area contributed by atoms with Gasteiger partial charge in [0.15, 0.2) is 0 Å². The summed E-state index contributed by atoms with van der Waals surface area (Å²) >= 11 is 0. The van der Waals surface area contributed by atoms with Crippen molar-refractivity contribution in [2.24, 2.45) is 11.8 Å². The van der Waals surface area contributed by atoms with Gasteiger partial charge in [-0.1, -0.05) is 25.5 Å². The van der Waals surface area contributed by atoms with E-state index in [-0.39, 0.29) is 47.2 Å². The number of allylic oxidation sites excluding steroid dienone is 1. The summed E-state index contributed by atoms with van der Waals surface area (Å²) in [7, 11) is 0. The number of hydrogen-bond donors (Lipinski definition) is 2. The molecule has 0 bridgehead atoms. The van der Waals surface area contributed by atoms with Crippen LogP contribution in [0.2, 0.25) is 0 Å². The van der Waals surface area contributed by atoms with Crippen molar-refractivity contribution in [3.63, 3.8) is 0 Å². The lowest BCUT2D eigenvalue weighted by atomic mass is 9.70. The fourth-order valence-electron chi connectivity index (χ4n) is 5.05. The third-order valence-corrected chi connectivity index (χ3v) is 7.37. The van der Waals surface area contributed by atoms with Crippen LogP contribution >= 0.6 is 0 Å². The lowest BCUT2D eigenvalue weighted by Crippen LogP contribution is -2.51. The Kier molecular flexibility index (Phi) is 6.12. The first-order valence-electron chi connectivity index (χ1n) is 11.9. The Bertz CT molecular complexity index is 738. The van der Waals surface area contributed by atoms with E-state index in [1.54, 1.807) is 0 Å². The van der Waals surface area contributed by atoms with Crippen molar-refractivity contribution in [1.82, 2.24) is 10.6 Å². The highest BCUT2D eigenvalue weighted by molar-refractivity contribution is 5.86. The van der Waals surface area contributed by atoms with Gasteiger partial charge in [0, 0.05) is 12.0 Å². The zero-order chi connectivity index (χ0) is 22.4. The highest BCUT2D eigenvalue weighted by Gasteiger charge is 2.68. The summed E-state index contributed by atoms with van der Waals surface area (Å²) in [5.41, 5.74) is 0.947. The molecule has 2 N–H and O–H groups in total. The fraction of sp³-hybridized carbons (Fsp3) is 0.833. The molecule has 0 unspecified atom stereocenters. The molecule has 0 aromatic carbocycles. The minimum Gasteiger partial charge on any atom is -0.446 e. The Morgan fingerprint density at radius 3 is 2.52 bits per heavy atom. The number of carbonyl (C=O) groups is 2. The molecule has 4 aliphatic rings. The molecule has 2 aliphatic heterocycles. The first-order chi connectivity index (χ1) is 14.6. The van der Waals surface area contributed by atoms with Gasteiger partial charge in [0.25, 0.3) is 0 Å². The molecule has 6 atom stereocenters. The van der Waals surface area contributed by atoms with E-state index in [0.717, 1.165) is 45.1 Å². The number of alkyl carbamates (subject to hydrolysis) is 1. The van der Waals surface area contributed by atoms with Crippen molar-refractivity contribution < 1.29 is 23.8 Å². The molecule has 2 saturated heterocycles. The molecule has 2 amide bonds. The zero-order valence-corrected chi connectivity index (χ0v) is 19.5. The topological polar surface area (TPSA) is 92.5 Å². The van der Waals surface area contributed by atoms with E-state index in [4.69, 9.17) is 14.2 Å².